The lowest BCUT2D eigenvalue weighted by atomic mass is 9.95. The van der Waals surface area contributed by atoms with Crippen LogP contribution in [0.3, 0.4) is 0 Å². The summed E-state index contributed by atoms with van der Waals surface area (Å²) in [7, 11) is 0. The van der Waals surface area contributed by atoms with E-state index in [1.54, 1.807) is 6.33 Å². The van der Waals surface area contributed by atoms with Gasteiger partial charge in [0.05, 0.1) is 5.75 Å². The number of benzene rings is 2. The predicted octanol–water partition coefficient (Wildman–Crippen LogP) is 5.36. The molecule has 1 saturated carbocycles. The Morgan fingerprint density at radius 1 is 1.03 bits per heavy atom. The quantitative estimate of drug-likeness (QED) is 0.489. The molecular formula is C24H29N5OS. The van der Waals surface area contributed by atoms with Crippen LogP contribution in [0.25, 0.3) is 5.69 Å². The topological polar surface area (TPSA) is 71.8 Å². The molecule has 0 spiro atoms. The molecule has 0 aliphatic heterocycles. The van der Waals surface area contributed by atoms with Gasteiger partial charge in [0, 0.05) is 23.1 Å². The largest absolute Gasteiger partial charge is 0.382 e. The van der Waals surface area contributed by atoms with Crippen LogP contribution in [0.2, 0.25) is 0 Å². The number of nitrogens with zero attached hydrogens (tertiary/aromatic N) is 3. The molecule has 1 aliphatic carbocycles. The Kier molecular flexibility index (Phi) is 6.92. The van der Waals surface area contributed by atoms with Crippen LogP contribution in [0.1, 0.15) is 43.2 Å². The monoisotopic (exact) mass is 435 g/mol. The van der Waals surface area contributed by atoms with E-state index in [4.69, 9.17) is 0 Å². The maximum Gasteiger partial charge on any atom is 0.234 e. The minimum Gasteiger partial charge on any atom is -0.382 e. The van der Waals surface area contributed by atoms with Crippen molar-refractivity contribution in [2.75, 3.05) is 16.4 Å². The Labute approximate surface area is 187 Å². The van der Waals surface area contributed by atoms with E-state index in [1.165, 1.54) is 55.0 Å². The Morgan fingerprint density at radius 2 is 1.77 bits per heavy atom. The zero-order valence-electron chi connectivity index (χ0n) is 18.1. The van der Waals surface area contributed by atoms with E-state index < -0.39 is 0 Å². The van der Waals surface area contributed by atoms with Gasteiger partial charge < -0.3 is 10.6 Å². The van der Waals surface area contributed by atoms with Crippen molar-refractivity contribution in [2.45, 2.75) is 57.1 Å². The normalized spacial score (nSPS) is 14.4. The van der Waals surface area contributed by atoms with Gasteiger partial charge in [-0.3, -0.25) is 9.36 Å². The van der Waals surface area contributed by atoms with Crippen LogP contribution in [-0.2, 0) is 4.79 Å². The van der Waals surface area contributed by atoms with Crippen molar-refractivity contribution in [1.29, 1.82) is 0 Å². The van der Waals surface area contributed by atoms with Crippen molar-refractivity contribution >= 4 is 29.0 Å². The first kappa shape index (κ1) is 21.4. The number of carbonyl (C=O) groups excluding carboxylic acids is 1. The van der Waals surface area contributed by atoms with Crippen molar-refractivity contribution in [3.05, 3.63) is 59.9 Å². The van der Waals surface area contributed by atoms with Gasteiger partial charge in [0.15, 0.2) is 5.16 Å². The van der Waals surface area contributed by atoms with Crippen molar-refractivity contribution < 1.29 is 4.79 Å². The average Bonchev–Trinajstić information content (AvgIpc) is 3.25. The third-order valence-electron chi connectivity index (χ3n) is 5.76. The van der Waals surface area contributed by atoms with Gasteiger partial charge in [0.25, 0.3) is 0 Å². The molecule has 0 radical (unpaired) electrons. The van der Waals surface area contributed by atoms with Crippen LogP contribution in [0.15, 0.2) is 53.9 Å². The molecule has 6 nitrogen and oxygen atoms in total. The molecule has 1 aliphatic rings. The number of aryl methyl sites for hydroxylation is 2. The van der Waals surface area contributed by atoms with Crippen LogP contribution in [0.4, 0.5) is 11.4 Å². The van der Waals surface area contributed by atoms with E-state index >= 15 is 0 Å². The maximum absolute atomic E-state index is 12.5. The minimum atomic E-state index is -0.0624. The zero-order valence-corrected chi connectivity index (χ0v) is 18.9. The van der Waals surface area contributed by atoms with Crippen molar-refractivity contribution in [1.82, 2.24) is 14.8 Å². The Hall–Kier alpha value is -2.80. The fourth-order valence-corrected chi connectivity index (χ4v) is 4.56. The fraction of sp³-hybridized carbons (Fsp3) is 0.375. The summed E-state index contributed by atoms with van der Waals surface area (Å²) in [4.78, 5) is 12.5. The van der Waals surface area contributed by atoms with Crippen molar-refractivity contribution in [3.8, 4) is 5.69 Å². The first-order valence-corrected chi connectivity index (χ1v) is 11.8. The first-order chi connectivity index (χ1) is 15.1. The predicted molar refractivity (Wildman–Crippen MR) is 127 cm³/mol. The number of hydrogen-bond donors (Lipinski definition) is 2. The van der Waals surface area contributed by atoms with Crippen LogP contribution < -0.4 is 10.6 Å². The van der Waals surface area contributed by atoms with Crippen molar-refractivity contribution in [2.24, 2.45) is 0 Å². The Morgan fingerprint density at radius 3 is 2.52 bits per heavy atom. The third-order valence-corrected chi connectivity index (χ3v) is 6.71. The molecule has 3 aromatic rings. The molecule has 0 unspecified atom stereocenters. The molecule has 1 fully saturated rings. The number of aromatic nitrogens is 3. The van der Waals surface area contributed by atoms with Crippen LogP contribution in [-0.4, -0.2) is 32.5 Å². The lowest BCUT2D eigenvalue weighted by Crippen LogP contribution is -2.22. The number of thioether (sulfide) groups is 1. The van der Waals surface area contributed by atoms with Crippen LogP contribution in [0.5, 0.6) is 0 Å². The lowest BCUT2D eigenvalue weighted by molar-refractivity contribution is -0.113. The highest BCUT2D eigenvalue weighted by molar-refractivity contribution is 7.99. The summed E-state index contributed by atoms with van der Waals surface area (Å²) < 4.78 is 1.91. The third kappa shape index (κ3) is 5.67. The van der Waals surface area contributed by atoms with Gasteiger partial charge in [-0.25, -0.2) is 0 Å². The first-order valence-electron chi connectivity index (χ1n) is 10.9. The van der Waals surface area contributed by atoms with E-state index in [2.05, 4.69) is 46.8 Å². The van der Waals surface area contributed by atoms with Gasteiger partial charge in [-0.2, -0.15) is 0 Å². The molecule has 1 heterocycles. The Bertz CT molecular complexity index is 1020. The molecule has 0 bridgehead atoms. The van der Waals surface area contributed by atoms with Gasteiger partial charge in [-0.15, -0.1) is 10.2 Å². The van der Waals surface area contributed by atoms with Gasteiger partial charge in [-0.1, -0.05) is 37.1 Å². The lowest BCUT2D eigenvalue weighted by Gasteiger charge is -2.23. The standard InChI is InChI=1S/C24H29N5OS/c1-17-8-13-22(14-18(17)2)29-16-25-28-24(29)31-15-23(30)27-21-11-9-20(10-12-21)26-19-6-4-3-5-7-19/h8-14,16,19,26H,3-7,15H2,1-2H3,(H,27,30). The van der Waals surface area contributed by atoms with Gasteiger partial charge in [0.1, 0.15) is 6.33 Å². The van der Waals surface area contributed by atoms with Gasteiger partial charge in [0.2, 0.25) is 5.91 Å². The van der Waals surface area contributed by atoms with Crippen LogP contribution in [0, 0.1) is 13.8 Å². The highest BCUT2D eigenvalue weighted by Crippen LogP contribution is 2.24. The maximum atomic E-state index is 12.5. The fourth-order valence-electron chi connectivity index (χ4n) is 3.83. The second-order valence-corrected chi connectivity index (χ2v) is 9.09. The number of anilines is 2. The van der Waals surface area contributed by atoms with Gasteiger partial charge in [-0.05, 0) is 74.2 Å². The average molecular weight is 436 g/mol. The number of amides is 1. The highest BCUT2D eigenvalue weighted by Gasteiger charge is 2.13. The molecule has 0 atom stereocenters. The molecule has 1 amide bonds. The summed E-state index contributed by atoms with van der Waals surface area (Å²) in [5.74, 6) is 0.207. The smallest absolute Gasteiger partial charge is 0.234 e. The molecule has 1 aromatic heterocycles. The highest BCUT2D eigenvalue weighted by atomic mass is 32.2. The van der Waals surface area contributed by atoms with E-state index in [9.17, 15) is 4.79 Å². The summed E-state index contributed by atoms with van der Waals surface area (Å²) in [6.07, 6.45) is 8.12. The number of rotatable bonds is 7. The van der Waals surface area contributed by atoms with Crippen molar-refractivity contribution in [3.63, 3.8) is 0 Å². The number of carbonyl (C=O) groups is 1. The molecule has 0 saturated heterocycles. The van der Waals surface area contributed by atoms with Gasteiger partial charge >= 0.3 is 0 Å². The molecule has 4 rings (SSSR count). The summed E-state index contributed by atoms with van der Waals surface area (Å²) in [5.41, 5.74) is 5.36. The molecule has 2 N–H and O–H groups in total. The number of hydrogen-bond acceptors (Lipinski definition) is 5. The van der Waals surface area contributed by atoms with Crippen LogP contribution >= 0.6 is 11.8 Å². The Balaban J connectivity index is 1.31. The molecule has 162 valence electrons. The summed E-state index contributed by atoms with van der Waals surface area (Å²) in [5, 5.41) is 15.5. The summed E-state index contributed by atoms with van der Waals surface area (Å²) in [6.45, 7) is 4.17. The zero-order chi connectivity index (χ0) is 21.6. The summed E-state index contributed by atoms with van der Waals surface area (Å²) in [6, 6.07) is 14.8. The molecule has 31 heavy (non-hydrogen) atoms. The van der Waals surface area contributed by atoms with E-state index in [-0.39, 0.29) is 11.7 Å². The molecule has 7 heteroatoms. The minimum absolute atomic E-state index is 0.0624. The molecule has 2 aromatic carbocycles. The number of nitrogens with one attached hydrogen (secondary N) is 2. The molecular weight excluding hydrogens is 406 g/mol. The van der Waals surface area contributed by atoms with E-state index in [0.29, 0.717) is 11.2 Å². The SMILES string of the molecule is Cc1ccc(-n2cnnc2SCC(=O)Nc2ccc(NC3CCCCC3)cc2)cc1C. The second kappa shape index (κ2) is 10.0. The summed E-state index contributed by atoms with van der Waals surface area (Å²) >= 11 is 1.38. The van der Waals surface area contributed by atoms with E-state index in [1.807, 2.05) is 34.9 Å². The van der Waals surface area contributed by atoms with E-state index in [0.717, 1.165) is 17.1 Å². The second-order valence-electron chi connectivity index (χ2n) is 8.15.